The van der Waals surface area contributed by atoms with Gasteiger partial charge in [-0.1, -0.05) is 58.0 Å². The van der Waals surface area contributed by atoms with Gasteiger partial charge in [0.15, 0.2) is 5.44 Å². The Balaban J connectivity index is 0.000000240. The van der Waals surface area contributed by atoms with Gasteiger partial charge in [0.25, 0.3) is 0 Å². The predicted molar refractivity (Wildman–Crippen MR) is 84.0 cm³/mol. The van der Waals surface area contributed by atoms with Gasteiger partial charge in [-0.3, -0.25) is 0 Å². The maximum Gasteiger partial charge on any atom is 0.507 e. The zero-order valence-electron chi connectivity index (χ0n) is 12.8. The van der Waals surface area contributed by atoms with Crippen molar-refractivity contribution in [1.82, 2.24) is 0 Å². The van der Waals surface area contributed by atoms with E-state index in [1.165, 1.54) is 18.2 Å². The molecule has 1 atom stereocenters. The summed E-state index contributed by atoms with van der Waals surface area (Å²) in [6.45, 7) is 9.31. The Labute approximate surface area is 125 Å². The van der Waals surface area contributed by atoms with Crippen molar-refractivity contribution in [2.75, 3.05) is 6.26 Å². The monoisotopic (exact) mass is 296 g/mol. The van der Waals surface area contributed by atoms with Crippen molar-refractivity contribution in [3.63, 3.8) is 0 Å². The molecule has 0 aliphatic heterocycles. The molecule has 1 aliphatic carbocycles. The van der Waals surface area contributed by atoms with Gasteiger partial charge in [0, 0.05) is 5.56 Å². The molecule has 112 valence electrons. The summed E-state index contributed by atoms with van der Waals surface area (Å²) >= 11 is 1.35. The molecule has 1 aromatic carbocycles. The second-order valence-corrected chi connectivity index (χ2v) is 7.21. The third-order valence-corrected chi connectivity index (χ3v) is 4.88. The molecule has 1 saturated carbocycles. The number of carbonyl (C=O) groups is 1. The van der Waals surface area contributed by atoms with Crippen LogP contribution in [0.4, 0.5) is 4.79 Å². The van der Waals surface area contributed by atoms with Crippen LogP contribution in [0.25, 0.3) is 0 Å². The minimum atomic E-state index is -1.25. The van der Waals surface area contributed by atoms with Crippen LogP contribution in [0.5, 0.6) is 0 Å². The van der Waals surface area contributed by atoms with Gasteiger partial charge in [-0.2, -0.15) is 0 Å². The summed E-state index contributed by atoms with van der Waals surface area (Å²) in [7, 11) is 0. The van der Waals surface area contributed by atoms with Crippen LogP contribution in [0.2, 0.25) is 0 Å². The molecule has 0 radical (unpaired) electrons. The van der Waals surface area contributed by atoms with Gasteiger partial charge >= 0.3 is 6.16 Å². The highest BCUT2D eigenvalue weighted by Gasteiger charge is 2.53. The summed E-state index contributed by atoms with van der Waals surface area (Å²) in [6.07, 6.45) is 1.96. The first-order valence-electron chi connectivity index (χ1n) is 6.67. The van der Waals surface area contributed by atoms with Crippen molar-refractivity contribution in [3.05, 3.63) is 35.9 Å². The van der Waals surface area contributed by atoms with E-state index in [0.29, 0.717) is 10.8 Å². The Bertz CT molecular complexity index is 428. The Morgan fingerprint density at radius 2 is 1.65 bits per heavy atom. The molecular formula is C16H24O3S. The van der Waals surface area contributed by atoms with Crippen LogP contribution in [0.1, 0.15) is 45.1 Å². The highest BCUT2D eigenvalue weighted by Crippen LogP contribution is 2.62. The summed E-state index contributed by atoms with van der Waals surface area (Å²) in [5, 5.41) is 8.44. The largest absolute Gasteiger partial charge is 0.507 e. The summed E-state index contributed by atoms with van der Waals surface area (Å²) in [6, 6.07) is 9.25. The minimum Gasteiger partial charge on any atom is -0.450 e. The first-order chi connectivity index (χ1) is 9.19. The topological polar surface area (TPSA) is 46.5 Å². The average Bonchev–Trinajstić information content (AvgIpc) is 2.83. The SMILES string of the molecule is CC1(C)CC1(C)C.CSC(OC(=O)O)c1ccccc1. The van der Waals surface area contributed by atoms with Gasteiger partial charge in [0.2, 0.25) is 0 Å². The van der Waals surface area contributed by atoms with E-state index in [2.05, 4.69) is 32.4 Å². The van der Waals surface area contributed by atoms with Crippen molar-refractivity contribution >= 4 is 17.9 Å². The van der Waals surface area contributed by atoms with Crippen LogP contribution < -0.4 is 0 Å². The third kappa shape index (κ3) is 4.75. The number of rotatable bonds is 3. The van der Waals surface area contributed by atoms with E-state index in [4.69, 9.17) is 5.11 Å². The van der Waals surface area contributed by atoms with Crippen molar-refractivity contribution in [3.8, 4) is 0 Å². The lowest BCUT2D eigenvalue weighted by Crippen LogP contribution is -2.05. The quantitative estimate of drug-likeness (QED) is 0.616. The molecule has 0 saturated heterocycles. The van der Waals surface area contributed by atoms with E-state index in [1.807, 2.05) is 30.3 Å². The zero-order valence-corrected chi connectivity index (χ0v) is 13.7. The highest BCUT2D eigenvalue weighted by atomic mass is 32.2. The smallest absolute Gasteiger partial charge is 0.450 e. The van der Waals surface area contributed by atoms with Gasteiger partial charge in [0.1, 0.15) is 0 Å². The van der Waals surface area contributed by atoms with Crippen LogP contribution >= 0.6 is 11.8 Å². The summed E-state index contributed by atoms with van der Waals surface area (Å²) < 4.78 is 4.67. The number of thioether (sulfide) groups is 1. The van der Waals surface area contributed by atoms with Crippen LogP contribution in [-0.2, 0) is 4.74 Å². The number of carboxylic acid groups (broad SMARTS) is 1. The maximum atomic E-state index is 10.3. The van der Waals surface area contributed by atoms with E-state index < -0.39 is 11.6 Å². The average molecular weight is 296 g/mol. The Kier molecular flexibility index (Phi) is 5.51. The van der Waals surface area contributed by atoms with E-state index in [-0.39, 0.29) is 0 Å². The Morgan fingerprint density at radius 1 is 1.20 bits per heavy atom. The minimum absolute atomic E-state index is 0.432. The summed E-state index contributed by atoms with van der Waals surface area (Å²) in [5.74, 6) is 0. The fourth-order valence-electron chi connectivity index (χ4n) is 2.01. The lowest BCUT2D eigenvalue weighted by atomic mass is 10.0. The normalized spacial score (nSPS) is 19.2. The van der Waals surface area contributed by atoms with Gasteiger partial charge in [0.05, 0.1) is 0 Å². The van der Waals surface area contributed by atoms with Crippen molar-refractivity contribution in [2.45, 2.75) is 39.6 Å². The zero-order chi connectivity index (χ0) is 15.4. The molecule has 1 aliphatic rings. The van der Waals surface area contributed by atoms with E-state index in [0.717, 1.165) is 5.56 Å². The molecule has 1 aromatic rings. The Hall–Kier alpha value is -1.16. The lowest BCUT2D eigenvalue weighted by Gasteiger charge is -2.12. The molecule has 3 nitrogen and oxygen atoms in total. The molecule has 0 aromatic heterocycles. The molecule has 1 N–H and O–H groups in total. The second kappa shape index (κ2) is 6.53. The van der Waals surface area contributed by atoms with Gasteiger partial charge in [-0.15, -0.1) is 11.8 Å². The summed E-state index contributed by atoms with van der Waals surface area (Å²) in [5.41, 5.74) is 1.72. The van der Waals surface area contributed by atoms with Crippen LogP contribution in [0.15, 0.2) is 30.3 Å². The highest BCUT2D eigenvalue weighted by molar-refractivity contribution is 7.98. The fourth-order valence-corrected chi connectivity index (χ4v) is 2.62. The van der Waals surface area contributed by atoms with E-state index >= 15 is 0 Å². The third-order valence-electron chi connectivity index (χ3n) is 4.08. The Morgan fingerprint density at radius 3 is 1.95 bits per heavy atom. The maximum absolute atomic E-state index is 10.3. The number of hydrogen-bond acceptors (Lipinski definition) is 3. The molecular weight excluding hydrogens is 272 g/mol. The first kappa shape index (κ1) is 16.9. The molecule has 0 bridgehead atoms. The molecule has 0 heterocycles. The van der Waals surface area contributed by atoms with Crippen molar-refractivity contribution < 1.29 is 14.6 Å². The number of hydrogen-bond donors (Lipinski definition) is 1. The van der Waals surface area contributed by atoms with Crippen LogP contribution in [-0.4, -0.2) is 17.5 Å². The fraction of sp³-hybridized carbons (Fsp3) is 0.562. The van der Waals surface area contributed by atoms with Gasteiger partial charge in [-0.05, 0) is 23.5 Å². The predicted octanol–water partition coefficient (Wildman–Crippen LogP) is 5.19. The van der Waals surface area contributed by atoms with Gasteiger partial charge < -0.3 is 9.84 Å². The van der Waals surface area contributed by atoms with Crippen molar-refractivity contribution in [1.29, 1.82) is 0 Å². The second-order valence-electron chi connectivity index (χ2n) is 6.31. The summed E-state index contributed by atoms with van der Waals surface area (Å²) in [4.78, 5) is 10.3. The molecule has 20 heavy (non-hydrogen) atoms. The number of ether oxygens (including phenoxy) is 1. The van der Waals surface area contributed by atoms with E-state index in [9.17, 15) is 4.79 Å². The lowest BCUT2D eigenvalue weighted by molar-refractivity contribution is 0.0822. The van der Waals surface area contributed by atoms with Crippen LogP contribution in [0, 0.1) is 10.8 Å². The molecule has 4 heteroatoms. The number of benzene rings is 1. The van der Waals surface area contributed by atoms with Crippen LogP contribution in [0.3, 0.4) is 0 Å². The standard InChI is InChI=1S/C9H10O3S.C7H14/c1-13-8(12-9(10)11)7-5-3-2-4-6-7;1-6(2)5-7(6,3)4/h2-6,8H,1H3,(H,10,11);5H2,1-4H3. The molecule has 1 unspecified atom stereocenters. The molecule has 2 rings (SSSR count). The molecule has 0 spiro atoms. The van der Waals surface area contributed by atoms with Gasteiger partial charge in [-0.25, -0.2) is 4.79 Å². The molecule has 1 fully saturated rings. The molecule has 0 amide bonds. The van der Waals surface area contributed by atoms with E-state index in [1.54, 1.807) is 6.26 Å². The first-order valence-corrected chi connectivity index (χ1v) is 7.96. The van der Waals surface area contributed by atoms with Crippen molar-refractivity contribution in [2.24, 2.45) is 10.8 Å².